The van der Waals surface area contributed by atoms with Gasteiger partial charge in [-0.2, -0.15) is 0 Å². The first-order valence-corrected chi connectivity index (χ1v) is 8.73. The van der Waals surface area contributed by atoms with E-state index in [1.807, 2.05) is 11.9 Å². The topological polar surface area (TPSA) is 49.6 Å². The van der Waals surface area contributed by atoms with Gasteiger partial charge in [-0.3, -0.25) is 4.79 Å². The fourth-order valence-corrected chi connectivity index (χ4v) is 4.05. The average Bonchev–Trinajstić information content (AvgIpc) is 2.49. The van der Waals surface area contributed by atoms with Crippen molar-refractivity contribution in [1.29, 1.82) is 0 Å². The number of carbonyl (C=O) groups excluding carboxylic acids is 1. The van der Waals surface area contributed by atoms with E-state index in [4.69, 9.17) is 5.73 Å². The predicted octanol–water partition coefficient (Wildman–Crippen LogP) is 1.94. The molecule has 4 heteroatoms. The molecule has 2 rings (SSSR count). The van der Waals surface area contributed by atoms with E-state index >= 15 is 0 Å². The van der Waals surface area contributed by atoms with E-state index in [0.29, 0.717) is 17.7 Å². The molecule has 2 fully saturated rings. The van der Waals surface area contributed by atoms with Gasteiger partial charge in [0.15, 0.2) is 0 Å². The van der Waals surface area contributed by atoms with E-state index in [-0.39, 0.29) is 5.92 Å². The van der Waals surface area contributed by atoms with Crippen LogP contribution in [0.5, 0.6) is 0 Å². The number of carbonyl (C=O) groups is 1. The fraction of sp³-hybridized carbons (Fsp3) is 0.941. The van der Waals surface area contributed by atoms with Crippen LogP contribution in [0.25, 0.3) is 0 Å². The van der Waals surface area contributed by atoms with Gasteiger partial charge in [0.25, 0.3) is 0 Å². The predicted molar refractivity (Wildman–Crippen MR) is 87.0 cm³/mol. The van der Waals surface area contributed by atoms with Gasteiger partial charge in [-0.25, -0.2) is 0 Å². The summed E-state index contributed by atoms with van der Waals surface area (Å²) in [7, 11) is 4.19. The van der Waals surface area contributed by atoms with Crippen molar-refractivity contribution in [3.63, 3.8) is 0 Å². The summed E-state index contributed by atoms with van der Waals surface area (Å²) in [6.45, 7) is 4.06. The zero-order valence-electron chi connectivity index (χ0n) is 13.9. The summed E-state index contributed by atoms with van der Waals surface area (Å²) in [6.07, 6.45) is 8.15. The van der Waals surface area contributed by atoms with Gasteiger partial charge in [0.05, 0.1) is 0 Å². The first-order valence-electron chi connectivity index (χ1n) is 8.73. The molecule has 122 valence electrons. The van der Waals surface area contributed by atoms with Crippen molar-refractivity contribution >= 4 is 5.91 Å². The molecule has 0 radical (unpaired) electrons. The van der Waals surface area contributed by atoms with Crippen LogP contribution in [0.1, 0.15) is 44.9 Å². The zero-order valence-corrected chi connectivity index (χ0v) is 13.9. The molecule has 0 bridgehead atoms. The Labute approximate surface area is 130 Å². The Morgan fingerprint density at radius 3 is 2.57 bits per heavy atom. The van der Waals surface area contributed by atoms with Crippen molar-refractivity contribution in [1.82, 2.24) is 9.80 Å². The molecular formula is C17H33N3O. The summed E-state index contributed by atoms with van der Waals surface area (Å²) < 4.78 is 0. The Kier molecular flexibility index (Phi) is 6.49. The van der Waals surface area contributed by atoms with Gasteiger partial charge in [0.1, 0.15) is 0 Å². The van der Waals surface area contributed by atoms with Gasteiger partial charge in [-0.05, 0) is 70.6 Å². The highest BCUT2D eigenvalue weighted by Gasteiger charge is 2.30. The lowest BCUT2D eigenvalue weighted by atomic mass is 9.79. The SMILES string of the molecule is CN1CCC(CN(C)C(=O)C2CCCC(CCN)C2)CC1. The summed E-state index contributed by atoms with van der Waals surface area (Å²) >= 11 is 0. The minimum Gasteiger partial charge on any atom is -0.345 e. The molecule has 2 N–H and O–H groups in total. The summed E-state index contributed by atoms with van der Waals surface area (Å²) in [5, 5.41) is 0. The number of hydrogen-bond acceptors (Lipinski definition) is 3. The molecule has 21 heavy (non-hydrogen) atoms. The molecule has 2 aliphatic rings. The fourth-order valence-electron chi connectivity index (χ4n) is 4.05. The number of rotatable bonds is 5. The molecule has 2 unspecified atom stereocenters. The molecular weight excluding hydrogens is 262 g/mol. The van der Waals surface area contributed by atoms with E-state index in [0.717, 1.165) is 32.4 Å². The minimum atomic E-state index is 0.256. The zero-order chi connectivity index (χ0) is 15.2. The standard InChI is InChI=1S/C17H33N3O/c1-19-10-7-15(8-11-19)13-20(2)17(21)16-5-3-4-14(12-16)6-9-18/h14-16H,3-13,18H2,1-2H3. The summed E-state index contributed by atoms with van der Waals surface area (Å²) in [6, 6.07) is 0. The Morgan fingerprint density at radius 1 is 1.19 bits per heavy atom. The van der Waals surface area contributed by atoms with Crippen LogP contribution in [0, 0.1) is 17.8 Å². The number of piperidine rings is 1. The van der Waals surface area contributed by atoms with Crippen molar-refractivity contribution in [3.8, 4) is 0 Å². The van der Waals surface area contributed by atoms with Crippen LogP contribution in [0.4, 0.5) is 0 Å². The smallest absolute Gasteiger partial charge is 0.225 e. The highest BCUT2D eigenvalue weighted by molar-refractivity contribution is 5.78. The van der Waals surface area contributed by atoms with E-state index in [1.54, 1.807) is 0 Å². The summed E-state index contributed by atoms with van der Waals surface area (Å²) in [5.41, 5.74) is 5.68. The van der Waals surface area contributed by atoms with Crippen LogP contribution < -0.4 is 5.73 Å². The maximum atomic E-state index is 12.7. The van der Waals surface area contributed by atoms with Gasteiger partial charge in [-0.15, -0.1) is 0 Å². The van der Waals surface area contributed by atoms with Gasteiger partial charge in [-0.1, -0.05) is 12.8 Å². The largest absolute Gasteiger partial charge is 0.345 e. The maximum absolute atomic E-state index is 12.7. The molecule has 4 nitrogen and oxygen atoms in total. The number of amides is 1. The highest BCUT2D eigenvalue weighted by atomic mass is 16.2. The second-order valence-electron chi connectivity index (χ2n) is 7.27. The maximum Gasteiger partial charge on any atom is 0.225 e. The molecule has 0 aromatic rings. The highest BCUT2D eigenvalue weighted by Crippen LogP contribution is 2.32. The van der Waals surface area contributed by atoms with E-state index in [2.05, 4.69) is 11.9 Å². The van der Waals surface area contributed by atoms with Crippen molar-refractivity contribution in [2.24, 2.45) is 23.5 Å². The Morgan fingerprint density at radius 2 is 1.90 bits per heavy atom. The number of nitrogens with zero attached hydrogens (tertiary/aromatic N) is 2. The third kappa shape index (κ3) is 4.96. The van der Waals surface area contributed by atoms with Crippen molar-refractivity contribution in [2.75, 3.05) is 40.3 Å². The monoisotopic (exact) mass is 295 g/mol. The molecule has 2 atom stereocenters. The van der Waals surface area contributed by atoms with Crippen LogP contribution in [-0.4, -0.2) is 56.0 Å². The average molecular weight is 295 g/mol. The summed E-state index contributed by atoms with van der Waals surface area (Å²) in [5.74, 6) is 2.01. The first kappa shape index (κ1) is 16.8. The van der Waals surface area contributed by atoms with Gasteiger partial charge in [0, 0.05) is 19.5 Å². The quantitative estimate of drug-likeness (QED) is 0.843. The lowest BCUT2D eigenvalue weighted by Gasteiger charge is -2.34. The lowest BCUT2D eigenvalue weighted by Crippen LogP contribution is -2.41. The van der Waals surface area contributed by atoms with Gasteiger partial charge >= 0.3 is 0 Å². The minimum absolute atomic E-state index is 0.256. The lowest BCUT2D eigenvalue weighted by molar-refractivity contribution is -0.136. The molecule has 0 aromatic carbocycles. The van der Waals surface area contributed by atoms with Crippen LogP contribution in [0.3, 0.4) is 0 Å². The Bertz CT molecular complexity index is 324. The molecule has 1 saturated heterocycles. The normalized spacial score (nSPS) is 28.5. The first-order chi connectivity index (χ1) is 10.1. The third-order valence-electron chi connectivity index (χ3n) is 5.45. The second-order valence-corrected chi connectivity index (χ2v) is 7.27. The molecule has 0 spiro atoms. The number of hydrogen-bond donors (Lipinski definition) is 1. The molecule has 1 saturated carbocycles. The molecule has 1 aliphatic carbocycles. The van der Waals surface area contributed by atoms with Crippen LogP contribution >= 0.6 is 0 Å². The molecule has 1 aliphatic heterocycles. The molecule has 1 amide bonds. The van der Waals surface area contributed by atoms with E-state index in [9.17, 15) is 4.79 Å². The number of likely N-dealkylation sites (tertiary alicyclic amines) is 1. The van der Waals surface area contributed by atoms with Gasteiger partial charge < -0.3 is 15.5 Å². The third-order valence-corrected chi connectivity index (χ3v) is 5.45. The Hall–Kier alpha value is -0.610. The van der Waals surface area contributed by atoms with Crippen LogP contribution in [-0.2, 0) is 4.79 Å². The van der Waals surface area contributed by atoms with Crippen molar-refractivity contribution < 1.29 is 4.79 Å². The van der Waals surface area contributed by atoms with E-state index < -0.39 is 0 Å². The second kappa shape index (κ2) is 8.14. The molecule has 0 aromatic heterocycles. The Balaban J connectivity index is 1.78. The van der Waals surface area contributed by atoms with E-state index in [1.165, 1.54) is 38.8 Å². The van der Waals surface area contributed by atoms with Crippen molar-refractivity contribution in [2.45, 2.75) is 44.9 Å². The van der Waals surface area contributed by atoms with Crippen molar-refractivity contribution in [3.05, 3.63) is 0 Å². The summed E-state index contributed by atoms with van der Waals surface area (Å²) in [4.78, 5) is 17.1. The van der Waals surface area contributed by atoms with Crippen LogP contribution in [0.2, 0.25) is 0 Å². The van der Waals surface area contributed by atoms with Gasteiger partial charge in [0.2, 0.25) is 5.91 Å². The van der Waals surface area contributed by atoms with Crippen LogP contribution in [0.15, 0.2) is 0 Å². The molecule has 1 heterocycles. The number of nitrogens with two attached hydrogens (primary N) is 1.